The Morgan fingerprint density at radius 2 is 2.11 bits per heavy atom. The van der Waals surface area contributed by atoms with E-state index in [4.69, 9.17) is 0 Å². The van der Waals surface area contributed by atoms with Gasteiger partial charge in [0.2, 0.25) is 0 Å². The number of aliphatic hydroxyl groups excluding tert-OH is 1. The maximum Gasteiger partial charge on any atom is 0.0791 e. The Hall–Kier alpha value is -0.900. The number of hydrogen-bond donors (Lipinski definition) is 2. The molecule has 3 nitrogen and oxygen atoms in total. The Morgan fingerprint density at radius 3 is 2.83 bits per heavy atom. The minimum atomic E-state index is -0.257. The van der Waals surface area contributed by atoms with Gasteiger partial charge in [0.05, 0.1) is 6.10 Å². The molecule has 1 heterocycles. The van der Waals surface area contributed by atoms with E-state index >= 15 is 0 Å². The highest BCUT2D eigenvalue weighted by Crippen LogP contribution is 2.07. The Morgan fingerprint density at radius 1 is 1.33 bits per heavy atom. The Balaban J connectivity index is 1.65. The van der Waals surface area contributed by atoms with Crippen LogP contribution < -0.4 is 5.32 Å². The largest absolute Gasteiger partial charge is 0.390 e. The third-order valence-corrected chi connectivity index (χ3v) is 3.46. The van der Waals surface area contributed by atoms with E-state index in [1.54, 1.807) is 0 Å². The van der Waals surface area contributed by atoms with Crippen molar-refractivity contribution in [1.29, 1.82) is 0 Å². The van der Waals surface area contributed by atoms with Crippen molar-refractivity contribution in [2.45, 2.75) is 32.4 Å². The predicted octanol–water partition coefficient (Wildman–Crippen LogP) is 1.54. The first-order valence-electron chi connectivity index (χ1n) is 6.91. The van der Waals surface area contributed by atoms with Crippen LogP contribution >= 0.6 is 0 Å². The van der Waals surface area contributed by atoms with Gasteiger partial charge in [-0.05, 0) is 38.4 Å². The summed E-state index contributed by atoms with van der Waals surface area (Å²) in [4.78, 5) is 2.35. The summed E-state index contributed by atoms with van der Waals surface area (Å²) >= 11 is 0. The summed E-state index contributed by atoms with van der Waals surface area (Å²) in [5, 5.41) is 13.3. The smallest absolute Gasteiger partial charge is 0.0791 e. The highest BCUT2D eigenvalue weighted by molar-refractivity contribution is 5.21. The van der Waals surface area contributed by atoms with E-state index in [1.165, 1.54) is 24.0 Å². The van der Waals surface area contributed by atoms with Crippen LogP contribution in [0.3, 0.4) is 0 Å². The zero-order chi connectivity index (χ0) is 12.8. The van der Waals surface area contributed by atoms with Crippen LogP contribution in [0.25, 0.3) is 0 Å². The van der Waals surface area contributed by atoms with Crippen LogP contribution in [0.15, 0.2) is 24.3 Å². The summed E-state index contributed by atoms with van der Waals surface area (Å²) in [6, 6.07) is 8.48. The van der Waals surface area contributed by atoms with E-state index in [2.05, 4.69) is 41.4 Å². The zero-order valence-electron chi connectivity index (χ0n) is 11.2. The number of nitrogens with one attached hydrogen (secondary N) is 1. The van der Waals surface area contributed by atoms with E-state index < -0.39 is 0 Å². The number of aliphatic hydroxyl groups is 1. The molecule has 1 unspecified atom stereocenters. The molecule has 1 fully saturated rings. The van der Waals surface area contributed by atoms with E-state index in [0.29, 0.717) is 6.54 Å². The average Bonchev–Trinajstić information content (AvgIpc) is 2.82. The van der Waals surface area contributed by atoms with Crippen molar-refractivity contribution < 1.29 is 5.11 Å². The lowest BCUT2D eigenvalue weighted by Crippen LogP contribution is -2.36. The first-order chi connectivity index (χ1) is 8.74. The first kappa shape index (κ1) is 13.5. The van der Waals surface area contributed by atoms with Gasteiger partial charge in [-0.2, -0.15) is 0 Å². The van der Waals surface area contributed by atoms with Crippen LogP contribution in [0.4, 0.5) is 0 Å². The van der Waals surface area contributed by atoms with Gasteiger partial charge in [-0.3, -0.25) is 0 Å². The minimum absolute atomic E-state index is 0.257. The van der Waals surface area contributed by atoms with Gasteiger partial charge in [0.15, 0.2) is 0 Å². The monoisotopic (exact) mass is 248 g/mol. The van der Waals surface area contributed by atoms with Crippen molar-refractivity contribution in [3.8, 4) is 0 Å². The number of nitrogens with zero attached hydrogens (tertiary/aromatic N) is 1. The molecular weight excluding hydrogens is 224 g/mol. The summed E-state index contributed by atoms with van der Waals surface area (Å²) in [5.41, 5.74) is 2.57. The van der Waals surface area contributed by atoms with E-state index in [9.17, 15) is 5.11 Å². The summed E-state index contributed by atoms with van der Waals surface area (Å²) in [5.74, 6) is 0. The van der Waals surface area contributed by atoms with Crippen molar-refractivity contribution in [1.82, 2.24) is 10.2 Å². The molecule has 18 heavy (non-hydrogen) atoms. The van der Waals surface area contributed by atoms with Crippen LogP contribution in [-0.4, -0.2) is 42.3 Å². The maximum atomic E-state index is 9.94. The summed E-state index contributed by atoms with van der Waals surface area (Å²) in [6.45, 7) is 6.71. The molecule has 1 aliphatic rings. The topological polar surface area (TPSA) is 35.5 Å². The maximum absolute atomic E-state index is 9.94. The Bertz CT molecular complexity index is 361. The molecule has 2 N–H and O–H groups in total. The number of rotatable bonds is 6. The normalized spacial score (nSPS) is 18.1. The van der Waals surface area contributed by atoms with Crippen LogP contribution in [-0.2, 0) is 6.54 Å². The lowest BCUT2D eigenvalue weighted by molar-refractivity contribution is 0.123. The SMILES string of the molecule is Cc1cccc(CNCC(O)CN2CCCC2)c1. The predicted molar refractivity (Wildman–Crippen MR) is 74.6 cm³/mol. The van der Waals surface area contributed by atoms with Gasteiger partial charge < -0.3 is 15.3 Å². The van der Waals surface area contributed by atoms with Crippen LogP contribution in [0.2, 0.25) is 0 Å². The fraction of sp³-hybridized carbons (Fsp3) is 0.600. The molecule has 1 saturated heterocycles. The van der Waals surface area contributed by atoms with Gasteiger partial charge in [-0.15, -0.1) is 0 Å². The summed E-state index contributed by atoms with van der Waals surface area (Å²) in [6.07, 6.45) is 2.31. The van der Waals surface area contributed by atoms with Gasteiger partial charge in [0.25, 0.3) is 0 Å². The minimum Gasteiger partial charge on any atom is -0.390 e. The van der Waals surface area contributed by atoms with Gasteiger partial charge in [0, 0.05) is 19.6 Å². The second-order valence-electron chi connectivity index (χ2n) is 5.28. The molecule has 1 aliphatic heterocycles. The summed E-state index contributed by atoms with van der Waals surface area (Å²) in [7, 11) is 0. The van der Waals surface area contributed by atoms with Crippen LogP contribution in [0, 0.1) is 6.92 Å². The van der Waals surface area contributed by atoms with E-state index in [-0.39, 0.29) is 6.10 Å². The van der Waals surface area contributed by atoms with Gasteiger partial charge in [-0.1, -0.05) is 29.8 Å². The molecule has 3 heteroatoms. The molecule has 100 valence electrons. The molecule has 0 spiro atoms. The molecular formula is C15H24N2O. The molecule has 0 radical (unpaired) electrons. The number of hydrogen-bond acceptors (Lipinski definition) is 3. The van der Waals surface area contributed by atoms with E-state index in [0.717, 1.165) is 26.2 Å². The van der Waals surface area contributed by atoms with Crippen molar-refractivity contribution in [3.63, 3.8) is 0 Å². The third-order valence-electron chi connectivity index (χ3n) is 3.46. The number of likely N-dealkylation sites (tertiary alicyclic amines) is 1. The van der Waals surface area contributed by atoms with Gasteiger partial charge >= 0.3 is 0 Å². The van der Waals surface area contributed by atoms with Crippen molar-refractivity contribution in [2.24, 2.45) is 0 Å². The fourth-order valence-corrected chi connectivity index (χ4v) is 2.53. The molecule has 1 aromatic carbocycles. The standard InChI is InChI=1S/C15H24N2O/c1-13-5-4-6-14(9-13)10-16-11-15(18)12-17-7-2-3-8-17/h4-6,9,15-16,18H,2-3,7-8,10-12H2,1H3. The highest BCUT2D eigenvalue weighted by atomic mass is 16.3. The van der Waals surface area contributed by atoms with Crippen molar-refractivity contribution in [3.05, 3.63) is 35.4 Å². The first-order valence-corrected chi connectivity index (χ1v) is 6.91. The second-order valence-corrected chi connectivity index (χ2v) is 5.28. The van der Waals surface area contributed by atoms with Crippen molar-refractivity contribution >= 4 is 0 Å². The fourth-order valence-electron chi connectivity index (χ4n) is 2.53. The number of β-amino-alcohol motifs (C(OH)–C–C–N with tert-alkyl or cyclic N) is 1. The number of aryl methyl sites for hydroxylation is 1. The third kappa shape index (κ3) is 4.41. The van der Waals surface area contributed by atoms with Crippen LogP contribution in [0.1, 0.15) is 24.0 Å². The van der Waals surface area contributed by atoms with E-state index in [1.807, 2.05) is 0 Å². The second kappa shape index (κ2) is 6.88. The molecule has 1 atom stereocenters. The van der Waals surface area contributed by atoms with Gasteiger partial charge in [-0.25, -0.2) is 0 Å². The Labute approximate surface area is 110 Å². The molecule has 0 aromatic heterocycles. The Kier molecular flexibility index (Phi) is 5.17. The molecule has 2 rings (SSSR count). The average molecular weight is 248 g/mol. The summed E-state index contributed by atoms with van der Waals surface area (Å²) < 4.78 is 0. The molecule has 1 aromatic rings. The van der Waals surface area contributed by atoms with Crippen molar-refractivity contribution in [2.75, 3.05) is 26.2 Å². The van der Waals surface area contributed by atoms with Gasteiger partial charge in [0.1, 0.15) is 0 Å². The molecule has 0 amide bonds. The molecule has 0 bridgehead atoms. The number of benzene rings is 1. The quantitative estimate of drug-likeness (QED) is 0.801. The lowest BCUT2D eigenvalue weighted by Gasteiger charge is -2.19. The molecule has 0 aliphatic carbocycles. The lowest BCUT2D eigenvalue weighted by atomic mass is 10.1. The van der Waals surface area contributed by atoms with Crippen LogP contribution in [0.5, 0.6) is 0 Å². The zero-order valence-corrected chi connectivity index (χ0v) is 11.2. The highest BCUT2D eigenvalue weighted by Gasteiger charge is 2.15. The molecule has 0 saturated carbocycles.